The molecule has 2 N–H and O–H groups in total. The second-order valence-electron chi connectivity index (χ2n) is 6.09. The zero-order valence-corrected chi connectivity index (χ0v) is 16.2. The molecule has 1 heterocycles. The normalized spacial score (nSPS) is 10.4. The highest BCUT2D eigenvalue weighted by Crippen LogP contribution is 2.26. The van der Waals surface area contributed by atoms with Crippen molar-refractivity contribution < 1.29 is 9.53 Å². The maximum absolute atomic E-state index is 11.7. The first-order valence-corrected chi connectivity index (χ1v) is 9.29. The van der Waals surface area contributed by atoms with E-state index in [4.69, 9.17) is 16.3 Å². The van der Waals surface area contributed by atoms with Crippen LogP contribution >= 0.6 is 11.6 Å². The van der Waals surface area contributed by atoms with Crippen LogP contribution in [-0.4, -0.2) is 29.6 Å². The predicted molar refractivity (Wildman–Crippen MR) is 111 cm³/mol. The predicted octanol–water partition coefficient (Wildman–Crippen LogP) is 4.70. The number of rotatable bonds is 8. The zero-order chi connectivity index (χ0) is 19.8. The van der Waals surface area contributed by atoms with E-state index in [1.54, 1.807) is 30.5 Å². The van der Waals surface area contributed by atoms with Crippen LogP contribution in [0.1, 0.15) is 22.3 Å². The number of carbonyl (C=O) groups is 1. The Kier molecular flexibility index (Phi) is 6.81. The second kappa shape index (κ2) is 9.71. The molecule has 0 atom stereocenters. The number of carbonyl (C=O) groups excluding carboxylic acids is 1. The quantitative estimate of drug-likeness (QED) is 0.424. The lowest BCUT2D eigenvalue weighted by atomic mass is 10.1. The average Bonchev–Trinajstić information content (AvgIpc) is 2.73. The standard InChI is InChI=1S/C21H21ClN4O2/c1-28-20(27)16-9-10-17(22)18(14-16)25-21-24-13-11-19(26-21)23-12-5-8-15-6-3-2-4-7-15/h2-4,6-7,9-11,13-14H,5,8,12H2,1H3,(H2,23,24,25,26). The first-order valence-electron chi connectivity index (χ1n) is 8.91. The number of benzene rings is 2. The molecule has 0 spiro atoms. The number of ether oxygens (including phenoxy) is 1. The van der Waals surface area contributed by atoms with Crippen LogP contribution < -0.4 is 10.6 Å². The highest BCUT2D eigenvalue weighted by molar-refractivity contribution is 6.33. The minimum Gasteiger partial charge on any atom is -0.465 e. The molecule has 7 heteroatoms. The molecule has 0 aliphatic heterocycles. The topological polar surface area (TPSA) is 76.1 Å². The van der Waals surface area contributed by atoms with Crippen molar-refractivity contribution in [2.45, 2.75) is 12.8 Å². The number of hydrogen-bond acceptors (Lipinski definition) is 6. The van der Waals surface area contributed by atoms with E-state index in [9.17, 15) is 4.79 Å². The number of anilines is 3. The molecule has 28 heavy (non-hydrogen) atoms. The van der Waals surface area contributed by atoms with Gasteiger partial charge in [0, 0.05) is 12.7 Å². The largest absolute Gasteiger partial charge is 0.465 e. The maximum Gasteiger partial charge on any atom is 0.337 e. The number of aromatic nitrogens is 2. The Balaban J connectivity index is 1.59. The van der Waals surface area contributed by atoms with E-state index in [-0.39, 0.29) is 0 Å². The Morgan fingerprint density at radius 1 is 1.14 bits per heavy atom. The fourth-order valence-electron chi connectivity index (χ4n) is 2.66. The molecule has 1 aromatic heterocycles. The number of methoxy groups -OCH3 is 1. The van der Waals surface area contributed by atoms with Crippen molar-refractivity contribution in [1.29, 1.82) is 0 Å². The van der Waals surface area contributed by atoms with Crippen molar-refractivity contribution in [3.05, 3.63) is 76.9 Å². The van der Waals surface area contributed by atoms with Gasteiger partial charge in [-0.15, -0.1) is 0 Å². The molecule has 0 aliphatic rings. The fraction of sp³-hybridized carbons (Fsp3) is 0.190. The third-order valence-electron chi connectivity index (χ3n) is 4.08. The fourth-order valence-corrected chi connectivity index (χ4v) is 2.82. The molecular weight excluding hydrogens is 376 g/mol. The third kappa shape index (κ3) is 5.44. The highest BCUT2D eigenvalue weighted by Gasteiger charge is 2.10. The van der Waals surface area contributed by atoms with Crippen LogP contribution in [0.15, 0.2) is 60.8 Å². The molecule has 0 amide bonds. The molecule has 2 aromatic carbocycles. The van der Waals surface area contributed by atoms with Gasteiger partial charge in [0.1, 0.15) is 5.82 Å². The van der Waals surface area contributed by atoms with Crippen LogP contribution in [0.5, 0.6) is 0 Å². The van der Waals surface area contributed by atoms with Gasteiger partial charge in [-0.1, -0.05) is 41.9 Å². The van der Waals surface area contributed by atoms with Crippen LogP contribution in [0.2, 0.25) is 5.02 Å². The van der Waals surface area contributed by atoms with Gasteiger partial charge in [-0.2, -0.15) is 4.98 Å². The average molecular weight is 397 g/mol. The summed E-state index contributed by atoms with van der Waals surface area (Å²) in [6.07, 6.45) is 3.65. The summed E-state index contributed by atoms with van der Waals surface area (Å²) in [5.74, 6) is 0.664. The number of hydrogen-bond donors (Lipinski definition) is 2. The van der Waals surface area contributed by atoms with E-state index < -0.39 is 5.97 Å². The number of aryl methyl sites for hydroxylation is 1. The molecule has 0 fully saturated rings. The van der Waals surface area contributed by atoms with Gasteiger partial charge in [-0.25, -0.2) is 9.78 Å². The van der Waals surface area contributed by atoms with E-state index in [1.165, 1.54) is 12.7 Å². The molecule has 0 saturated heterocycles. The van der Waals surface area contributed by atoms with Gasteiger partial charge < -0.3 is 15.4 Å². The lowest BCUT2D eigenvalue weighted by Crippen LogP contribution is -2.07. The minimum atomic E-state index is -0.436. The van der Waals surface area contributed by atoms with Gasteiger partial charge in [-0.3, -0.25) is 0 Å². The van der Waals surface area contributed by atoms with Crippen molar-refractivity contribution in [3.8, 4) is 0 Å². The van der Waals surface area contributed by atoms with Crippen LogP contribution in [0.4, 0.5) is 17.5 Å². The van der Waals surface area contributed by atoms with Gasteiger partial charge >= 0.3 is 5.97 Å². The maximum atomic E-state index is 11.7. The van der Waals surface area contributed by atoms with Crippen molar-refractivity contribution in [1.82, 2.24) is 9.97 Å². The molecule has 0 bridgehead atoms. The van der Waals surface area contributed by atoms with E-state index in [2.05, 4.69) is 32.7 Å². The summed E-state index contributed by atoms with van der Waals surface area (Å²) in [6, 6.07) is 17.0. The summed E-state index contributed by atoms with van der Waals surface area (Å²) < 4.78 is 4.74. The monoisotopic (exact) mass is 396 g/mol. The Hall–Kier alpha value is -3.12. The molecule has 3 aromatic rings. The molecule has 3 rings (SSSR count). The van der Waals surface area contributed by atoms with E-state index in [1.807, 2.05) is 18.2 Å². The summed E-state index contributed by atoms with van der Waals surface area (Å²) in [5, 5.41) is 6.80. The van der Waals surface area contributed by atoms with Gasteiger partial charge in [-0.05, 0) is 42.7 Å². The van der Waals surface area contributed by atoms with Gasteiger partial charge in [0.2, 0.25) is 5.95 Å². The van der Waals surface area contributed by atoms with Crippen molar-refractivity contribution in [2.24, 2.45) is 0 Å². The van der Waals surface area contributed by atoms with E-state index >= 15 is 0 Å². The number of nitrogens with zero attached hydrogens (tertiary/aromatic N) is 2. The van der Waals surface area contributed by atoms with Gasteiger partial charge in [0.15, 0.2) is 0 Å². The molecule has 144 valence electrons. The van der Waals surface area contributed by atoms with Crippen LogP contribution in [-0.2, 0) is 11.2 Å². The van der Waals surface area contributed by atoms with Crippen molar-refractivity contribution in [2.75, 3.05) is 24.3 Å². The Morgan fingerprint density at radius 2 is 1.96 bits per heavy atom. The number of esters is 1. The van der Waals surface area contributed by atoms with E-state index in [0.29, 0.717) is 28.0 Å². The Labute approximate surface area is 168 Å². The van der Waals surface area contributed by atoms with Gasteiger partial charge in [0.25, 0.3) is 0 Å². The summed E-state index contributed by atoms with van der Waals surface area (Å²) in [6.45, 7) is 0.796. The Bertz CT molecular complexity index is 935. The molecule has 0 unspecified atom stereocenters. The molecule has 0 saturated carbocycles. The van der Waals surface area contributed by atoms with E-state index in [0.717, 1.165) is 19.4 Å². The SMILES string of the molecule is COC(=O)c1ccc(Cl)c(Nc2nccc(NCCCc3ccccc3)n2)c1. The summed E-state index contributed by atoms with van der Waals surface area (Å²) in [7, 11) is 1.33. The Morgan fingerprint density at radius 3 is 2.75 bits per heavy atom. The smallest absolute Gasteiger partial charge is 0.337 e. The van der Waals surface area contributed by atoms with Crippen molar-refractivity contribution in [3.63, 3.8) is 0 Å². The lowest BCUT2D eigenvalue weighted by molar-refractivity contribution is 0.0601. The van der Waals surface area contributed by atoms with Crippen LogP contribution in [0.3, 0.4) is 0 Å². The molecule has 0 aliphatic carbocycles. The summed E-state index contributed by atoms with van der Waals surface area (Å²) in [5.41, 5.74) is 2.24. The third-order valence-corrected chi connectivity index (χ3v) is 4.41. The minimum absolute atomic E-state index is 0.386. The summed E-state index contributed by atoms with van der Waals surface area (Å²) >= 11 is 6.21. The number of nitrogens with one attached hydrogen (secondary N) is 2. The van der Waals surface area contributed by atoms with Gasteiger partial charge in [0.05, 0.1) is 23.4 Å². The molecule has 6 nitrogen and oxygen atoms in total. The first-order chi connectivity index (χ1) is 13.7. The zero-order valence-electron chi connectivity index (χ0n) is 15.5. The highest BCUT2D eigenvalue weighted by atomic mass is 35.5. The number of halogens is 1. The van der Waals surface area contributed by atoms with Crippen LogP contribution in [0.25, 0.3) is 0 Å². The molecular formula is C21H21ClN4O2. The molecule has 0 radical (unpaired) electrons. The second-order valence-corrected chi connectivity index (χ2v) is 6.50. The lowest BCUT2D eigenvalue weighted by Gasteiger charge is -2.10. The summed E-state index contributed by atoms with van der Waals surface area (Å²) in [4.78, 5) is 20.3. The van der Waals surface area contributed by atoms with Crippen molar-refractivity contribution >= 4 is 35.0 Å². The first kappa shape index (κ1) is 19.6. The van der Waals surface area contributed by atoms with Crippen LogP contribution in [0, 0.1) is 0 Å².